The van der Waals surface area contributed by atoms with Gasteiger partial charge >= 0.3 is 24.3 Å². The highest BCUT2D eigenvalue weighted by Crippen LogP contribution is 2.30. The molecule has 4 aromatic heterocycles. The van der Waals surface area contributed by atoms with Gasteiger partial charge < -0.3 is 9.84 Å². The van der Waals surface area contributed by atoms with Crippen molar-refractivity contribution in [2.24, 2.45) is 0 Å². The van der Waals surface area contributed by atoms with Crippen LogP contribution < -0.4 is 0 Å². The van der Waals surface area contributed by atoms with E-state index in [9.17, 15) is 35.9 Å². The van der Waals surface area contributed by atoms with Crippen LogP contribution in [-0.2, 0) is 39.8 Å². The quantitative estimate of drug-likeness (QED) is 0.104. The van der Waals surface area contributed by atoms with E-state index in [-0.39, 0.29) is 36.7 Å². The van der Waals surface area contributed by atoms with Crippen LogP contribution in [0.2, 0.25) is 0 Å². The number of halogens is 6. The van der Waals surface area contributed by atoms with Gasteiger partial charge in [0.25, 0.3) is 0 Å². The number of carboxylic acids is 1. The number of carbonyl (C=O) groups excluding carboxylic acids is 1. The number of pyridine rings is 2. The molecule has 4 heterocycles. The third kappa shape index (κ3) is 11.2. The number of carbonyl (C=O) groups is 2. The van der Waals surface area contributed by atoms with Crippen LogP contribution >= 0.6 is 0 Å². The molecule has 10 nitrogen and oxygen atoms in total. The van der Waals surface area contributed by atoms with E-state index >= 15 is 0 Å². The summed E-state index contributed by atoms with van der Waals surface area (Å²) < 4.78 is 85.6. The maximum Gasteiger partial charge on any atom is 0.416 e. The first-order valence-corrected chi connectivity index (χ1v) is 17.0. The first-order chi connectivity index (χ1) is 27.0. The number of aromatic nitrogens is 4. The van der Waals surface area contributed by atoms with Gasteiger partial charge in [-0.1, -0.05) is 36.1 Å². The molecule has 0 aliphatic heterocycles. The van der Waals surface area contributed by atoms with Crippen molar-refractivity contribution in [1.29, 1.82) is 0 Å². The van der Waals surface area contributed by atoms with Gasteiger partial charge in [0.15, 0.2) is 0 Å². The number of benzene rings is 2. The van der Waals surface area contributed by atoms with Gasteiger partial charge in [0.1, 0.15) is 22.7 Å². The fourth-order valence-electron chi connectivity index (χ4n) is 5.52. The molecule has 6 rings (SSSR count). The Morgan fingerprint density at radius 2 is 1.11 bits per heavy atom. The van der Waals surface area contributed by atoms with E-state index in [0.29, 0.717) is 40.6 Å². The molecule has 2 aromatic carbocycles. The van der Waals surface area contributed by atoms with Gasteiger partial charge in [-0.25, -0.2) is 9.97 Å². The number of hydrogen-bond acceptors (Lipinski definition) is 7. The van der Waals surface area contributed by atoms with Gasteiger partial charge in [-0.05, 0) is 86.6 Å². The van der Waals surface area contributed by atoms with Crippen molar-refractivity contribution in [2.75, 3.05) is 34.3 Å². The zero-order chi connectivity index (χ0) is 41.3. The van der Waals surface area contributed by atoms with E-state index in [1.807, 2.05) is 12.1 Å². The zero-order valence-corrected chi connectivity index (χ0v) is 30.7. The van der Waals surface area contributed by atoms with E-state index in [2.05, 4.69) is 38.4 Å². The third-order valence-electron chi connectivity index (χ3n) is 8.11. The molecule has 6 aromatic rings. The van der Waals surface area contributed by atoms with Crippen molar-refractivity contribution in [3.63, 3.8) is 0 Å². The number of fused-ring (bicyclic) bond motifs is 2. The van der Waals surface area contributed by atoms with Crippen molar-refractivity contribution >= 4 is 23.2 Å². The van der Waals surface area contributed by atoms with Crippen LogP contribution in [0.3, 0.4) is 0 Å². The number of methoxy groups -OCH3 is 1. The smallest absolute Gasteiger partial charge is 0.416 e. The fraction of sp³-hybridized carbons (Fsp3) is 0.220. The van der Waals surface area contributed by atoms with Crippen LogP contribution in [0.4, 0.5) is 26.3 Å². The standard InChI is InChI=1S/C21H18F3N3O2.C20H16F3N3O2/c1-26(14-20(28)29-2)13-17-18(27-11-4-3-8-19(27)25-17)10-9-15-6-5-7-16(12-15)21(22,23)24;1-25(13-19(27)28)12-16-17(26-10-3-2-7-18(26)24-16)9-8-14-5-4-6-15(11-14)20(21,22)23/h3-8,11-12H,13-14H2,1-2H3;2-7,10-11H,12-13H2,1H3,(H,27,28). The normalized spacial score (nSPS) is 11.4. The van der Waals surface area contributed by atoms with Gasteiger partial charge in [-0.3, -0.25) is 28.2 Å². The third-order valence-corrected chi connectivity index (χ3v) is 8.11. The highest BCUT2D eigenvalue weighted by molar-refractivity contribution is 5.71. The Balaban J connectivity index is 0.000000218. The molecule has 0 aliphatic carbocycles. The molecular weight excluding hydrogens is 754 g/mol. The molecule has 0 aliphatic rings. The Morgan fingerprint density at radius 1 is 0.667 bits per heavy atom. The Bertz CT molecular complexity index is 2520. The molecule has 16 heteroatoms. The lowest BCUT2D eigenvalue weighted by molar-refractivity contribution is -0.142. The Labute approximate surface area is 323 Å². The molecule has 0 spiro atoms. The van der Waals surface area contributed by atoms with Gasteiger partial charge in [-0.2, -0.15) is 26.3 Å². The maximum atomic E-state index is 12.9. The number of hydrogen-bond donors (Lipinski definition) is 1. The minimum absolute atomic E-state index is 0.0743. The van der Waals surface area contributed by atoms with E-state index in [1.165, 1.54) is 31.4 Å². The Morgan fingerprint density at radius 3 is 1.51 bits per heavy atom. The summed E-state index contributed by atoms with van der Waals surface area (Å²) in [5.74, 6) is 10.0. The summed E-state index contributed by atoms with van der Waals surface area (Å²) >= 11 is 0. The van der Waals surface area contributed by atoms with Crippen LogP contribution in [0, 0.1) is 23.7 Å². The van der Waals surface area contributed by atoms with Crippen molar-refractivity contribution in [2.45, 2.75) is 25.4 Å². The number of rotatable bonds is 8. The lowest BCUT2D eigenvalue weighted by Crippen LogP contribution is -2.26. The summed E-state index contributed by atoms with van der Waals surface area (Å²) in [7, 11) is 4.69. The van der Waals surface area contributed by atoms with Crippen LogP contribution in [0.15, 0.2) is 97.3 Å². The van der Waals surface area contributed by atoms with Gasteiger partial charge in [0.2, 0.25) is 0 Å². The summed E-state index contributed by atoms with van der Waals surface area (Å²) in [5.41, 5.74) is 2.46. The van der Waals surface area contributed by atoms with E-state index in [0.717, 1.165) is 24.3 Å². The van der Waals surface area contributed by atoms with E-state index in [1.54, 1.807) is 69.4 Å². The molecule has 0 unspecified atom stereocenters. The van der Waals surface area contributed by atoms with Gasteiger partial charge in [-0.15, -0.1) is 0 Å². The van der Waals surface area contributed by atoms with Crippen LogP contribution in [0.1, 0.15) is 45.0 Å². The number of alkyl halides is 6. The molecule has 0 bridgehead atoms. The highest BCUT2D eigenvalue weighted by Gasteiger charge is 2.31. The van der Waals surface area contributed by atoms with Gasteiger partial charge in [0, 0.05) is 36.6 Å². The van der Waals surface area contributed by atoms with Crippen LogP contribution in [-0.4, -0.2) is 79.9 Å². The summed E-state index contributed by atoms with van der Waals surface area (Å²) in [6, 6.07) is 20.5. The van der Waals surface area contributed by atoms with Crippen molar-refractivity contribution < 1.29 is 45.8 Å². The predicted molar refractivity (Wildman–Crippen MR) is 198 cm³/mol. The van der Waals surface area contributed by atoms with Crippen molar-refractivity contribution in [1.82, 2.24) is 28.6 Å². The van der Waals surface area contributed by atoms with Crippen molar-refractivity contribution in [3.05, 3.63) is 142 Å². The van der Waals surface area contributed by atoms with Crippen LogP contribution in [0.5, 0.6) is 0 Å². The SMILES string of the molecule is CN(CC(=O)O)Cc1nc2ccccn2c1C#Cc1cccc(C(F)(F)F)c1.COC(=O)CN(C)Cc1nc2ccccn2c1C#Cc1cccc(C(F)(F)F)c1. The molecule has 0 saturated carbocycles. The number of esters is 1. The molecule has 1 N–H and O–H groups in total. The molecule has 0 amide bonds. The average Bonchev–Trinajstić information content (AvgIpc) is 3.68. The number of imidazole rings is 2. The second kappa shape index (κ2) is 17.9. The summed E-state index contributed by atoms with van der Waals surface area (Å²) in [6.45, 7) is 0.462. The summed E-state index contributed by atoms with van der Waals surface area (Å²) in [5, 5.41) is 8.93. The minimum atomic E-state index is -4.44. The summed E-state index contributed by atoms with van der Waals surface area (Å²) in [4.78, 5) is 34.7. The number of carboxylic acid groups (broad SMARTS) is 1. The number of likely N-dealkylation sites (N-methyl/N-ethyl adjacent to an activating group) is 2. The zero-order valence-electron chi connectivity index (χ0n) is 30.7. The lowest BCUT2D eigenvalue weighted by Gasteiger charge is -2.13. The average molecular weight is 789 g/mol. The molecule has 294 valence electrons. The monoisotopic (exact) mass is 788 g/mol. The Kier molecular flexibility index (Phi) is 13.0. The number of aliphatic carboxylic acids is 1. The van der Waals surface area contributed by atoms with Gasteiger partial charge in [0.05, 0.1) is 42.7 Å². The minimum Gasteiger partial charge on any atom is -0.480 e. The van der Waals surface area contributed by atoms with Crippen molar-refractivity contribution in [3.8, 4) is 23.7 Å². The largest absolute Gasteiger partial charge is 0.480 e. The second-order valence-electron chi connectivity index (χ2n) is 12.6. The van der Waals surface area contributed by atoms with E-state index < -0.39 is 29.4 Å². The Hall–Kier alpha value is -6.62. The van der Waals surface area contributed by atoms with Crippen LogP contribution in [0.25, 0.3) is 11.3 Å². The lowest BCUT2D eigenvalue weighted by atomic mass is 10.1. The first-order valence-electron chi connectivity index (χ1n) is 17.0. The number of ether oxygens (including phenoxy) is 1. The molecular formula is C41H34F6N6O4. The predicted octanol–water partition coefficient (Wildman–Crippen LogP) is 6.63. The molecule has 0 atom stereocenters. The topological polar surface area (TPSA) is 105 Å². The molecule has 0 radical (unpaired) electrons. The number of nitrogens with zero attached hydrogens (tertiary/aromatic N) is 6. The van der Waals surface area contributed by atoms with E-state index in [4.69, 9.17) is 5.11 Å². The molecule has 0 saturated heterocycles. The molecule has 0 fully saturated rings. The second-order valence-corrected chi connectivity index (χ2v) is 12.6. The first kappa shape index (κ1) is 41.5. The summed E-state index contributed by atoms with van der Waals surface area (Å²) in [6.07, 6.45) is -5.34. The molecule has 57 heavy (non-hydrogen) atoms. The fourth-order valence-corrected chi connectivity index (χ4v) is 5.52. The highest BCUT2D eigenvalue weighted by atomic mass is 19.4. The maximum absolute atomic E-state index is 12.9.